The van der Waals surface area contributed by atoms with E-state index in [1.807, 2.05) is 12.1 Å². The summed E-state index contributed by atoms with van der Waals surface area (Å²) in [7, 11) is 3.52. The van der Waals surface area contributed by atoms with E-state index in [1.165, 1.54) is 24.0 Å². The lowest BCUT2D eigenvalue weighted by atomic mass is 9.80. The van der Waals surface area contributed by atoms with Gasteiger partial charge in [-0.1, -0.05) is 33.6 Å². The lowest BCUT2D eigenvalue weighted by Crippen LogP contribution is -2.42. The molecule has 118 valence electrons. The van der Waals surface area contributed by atoms with Crippen molar-refractivity contribution >= 4 is 0 Å². The number of methoxy groups -OCH3 is 2. The fraction of sp³-hybridized carbons (Fsp3) is 0.667. The first-order valence-corrected chi connectivity index (χ1v) is 8.19. The highest BCUT2D eigenvalue weighted by Gasteiger charge is 2.34. The van der Waals surface area contributed by atoms with Gasteiger partial charge in [0.15, 0.2) is 0 Å². The quantitative estimate of drug-likeness (QED) is 0.855. The molecule has 0 fully saturated rings. The Balaban J connectivity index is 2.55. The van der Waals surface area contributed by atoms with E-state index in [0.717, 1.165) is 24.3 Å². The molecule has 0 amide bonds. The monoisotopic (exact) mass is 291 g/mol. The highest BCUT2D eigenvalue weighted by atomic mass is 16.5. The van der Waals surface area contributed by atoms with E-state index in [9.17, 15) is 0 Å². The minimum Gasteiger partial charge on any atom is -0.496 e. The number of hydrogen-bond donors (Lipinski definition) is 1. The second-order valence-electron chi connectivity index (χ2n) is 5.89. The summed E-state index contributed by atoms with van der Waals surface area (Å²) < 4.78 is 11.3. The van der Waals surface area contributed by atoms with Gasteiger partial charge in [0.25, 0.3) is 0 Å². The van der Waals surface area contributed by atoms with Crippen LogP contribution in [0.25, 0.3) is 0 Å². The number of ether oxygens (including phenoxy) is 2. The van der Waals surface area contributed by atoms with Gasteiger partial charge in [-0.15, -0.1) is 0 Å². The largest absolute Gasteiger partial charge is 0.496 e. The summed E-state index contributed by atoms with van der Waals surface area (Å²) in [5, 5.41) is 3.85. The van der Waals surface area contributed by atoms with Gasteiger partial charge in [-0.25, -0.2) is 0 Å². The fourth-order valence-corrected chi connectivity index (χ4v) is 3.58. The first-order valence-electron chi connectivity index (χ1n) is 8.19. The number of rotatable bonds is 6. The molecule has 1 aromatic carbocycles. The molecule has 0 radical (unpaired) electrons. The van der Waals surface area contributed by atoms with Crippen LogP contribution in [-0.2, 0) is 6.42 Å². The van der Waals surface area contributed by atoms with Crippen LogP contribution >= 0.6 is 0 Å². The molecule has 3 nitrogen and oxygen atoms in total. The molecule has 0 spiro atoms. The van der Waals surface area contributed by atoms with Crippen molar-refractivity contribution in [2.45, 2.75) is 58.5 Å². The first kappa shape index (κ1) is 16.2. The third-order valence-electron chi connectivity index (χ3n) is 4.90. The molecule has 0 bridgehead atoms. The van der Waals surface area contributed by atoms with Crippen molar-refractivity contribution in [2.75, 3.05) is 14.2 Å². The molecule has 0 aromatic heterocycles. The zero-order chi connectivity index (χ0) is 15.4. The van der Waals surface area contributed by atoms with E-state index in [4.69, 9.17) is 9.47 Å². The molecule has 0 aliphatic carbocycles. The third-order valence-corrected chi connectivity index (χ3v) is 4.90. The van der Waals surface area contributed by atoms with Crippen LogP contribution in [0.5, 0.6) is 11.5 Å². The van der Waals surface area contributed by atoms with E-state index >= 15 is 0 Å². The highest BCUT2D eigenvalue weighted by molar-refractivity contribution is 5.52. The molecular formula is C18H29NO2. The van der Waals surface area contributed by atoms with E-state index in [0.29, 0.717) is 18.0 Å². The molecule has 1 aliphatic rings. The van der Waals surface area contributed by atoms with Crippen LogP contribution in [0.2, 0.25) is 0 Å². The van der Waals surface area contributed by atoms with Gasteiger partial charge < -0.3 is 14.8 Å². The standard InChI is InChI=1S/C18H29NO2/c1-6-12(7-2)18-17-14(11-13(8-3)19-18)15(20-4)9-10-16(17)21-5/h9-10,12-13,18-19H,6-8,11H2,1-5H3. The van der Waals surface area contributed by atoms with E-state index in [-0.39, 0.29) is 0 Å². The van der Waals surface area contributed by atoms with Crippen molar-refractivity contribution < 1.29 is 9.47 Å². The molecule has 21 heavy (non-hydrogen) atoms. The Kier molecular flexibility index (Phi) is 5.51. The number of benzene rings is 1. The summed E-state index contributed by atoms with van der Waals surface area (Å²) in [5.41, 5.74) is 2.65. The lowest BCUT2D eigenvalue weighted by Gasteiger charge is -2.38. The minimum atomic E-state index is 0.360. The van der Waals surface area contributed by atoms with Gasteiger partial charge >= 0.3 is 0 Å². The molecule has 0 saturated heterocycles. The molecule has 3 heteroatoms. The van der Waals surface area contributed by atoms with Crippen molar-refractivity contribution in [1.82, 2.24) is 5.32 Å². The van der Waals surface area contributed by atoms with Crippen molar-refractivity contribution in [1.29, 1.82) is 0 Å². The van der Waals surface area contributed by atoms with E-state index in [1.54, 1.807) is 14.2 Å². The van der Waals surface area contributed by atoms with E-state index < -0.39 is 0 Å². The maximum atomic E-state index is 5.65. The second-order valence-corrected chi connectivity index (χ2v) is 5.89. The lowest BCUT2D eigenvalue weighted by molar-refractivity contribution is 0.270. The Labute approximate surface area is 129 Å². The molecule has 2 rings (SSSR count). The predicted octanol–water partition coefficient (Wildman–Crippen LogP) is 4.11. The average molecular weight is 291 g/mol. The van der Waals surface area contributed by atoms with Gasteiger partial charge in [0.1, 0.15) is 11.5 Å². The molecule has 0 saturated carbocycles. The molecule has 1 aliphatic heterocycles. The Morgan fingerprint density at radius 1 is 1.10 bits per heavy atom. The average Bonchev–Trinajstić information content (AvgIpc) is 2.54. The van der Waals surface area contributed by atoms with Gasteiger partial charge in [0.2, 0.25) is 0 Å². The van der Waals surface area contributed by atoms with Crippen molar-refractivity contribution in [2.24, 2.45) is 5.92 Å². The molecule has 1 heterocycles. The normalized spacial score (nSPS) is 21.2. The summed E-state index contributed by atoms with van der Waals surface area (Å²) in [4.78, 5) is 0. The fourth-order valence-electron chi connectivity index (χ4n) is 3.58. The maximum Gasteiger partial charge on any atom is 0.124 e. The van der Waals surface area contributed by atoms with E-state index in [2.05, 4.69) is 26.1 Å². The summed E-state index contributed by atoms with van der Waals surface area (Å²) in [6, 6.07) is 4.96. The second kappa shape index (κ2) is 7.17. The van der Waals surface area contributed by atoms with Gasteiger partial charge in [0, 0.05) is 23.2 Å². The maximum absolute atomic E-state index is 5.65. The van der Waals surface area contributed by atoms with Crippen molar-refractivity contribution in [3.63, 3.8) is 0 Å². The smallest absolute Gasteiger partial charge is 0.124 e. The van der Waals surface area contributed by atoms with Crippen molar-refractivity contribution in [3.05, 3.63) is 23.3 Å². The van der Waals surface area contributed by atoms with Crippen molar-refractivity contribution in [3.8, 4) is 11.5 Å². The Morgan fingerprint density at radius 2 is 1.71 bits per heavy atom. The molecule has 1 aromatic rings. The van der Waals surface area contributed by atoms with Crippen LogP contribution in [0.4, 0.5) is 0 Å². The van der Waals surface area contributed by atoms with Crippen LogP contribution in [-0.4, -0.2) is 20.3 Å². The van der Waals surface area contributed by atoms with Gasteiger partial charge in [0.05, 0.1) is 14.2 Å². The summed E-state index contributed by atoms with van der Waals surface area (Å²) in [5.74, 6) is 2.62. The zero-order valence-corrected chi connectivity index (χ0v) is 14.0. The van der Waals surface area contributed by atoms with Crippen LogP contribution in [0, 0.1) is 5.92 Å². The van der Waals surface area contributed by atoms with Crippen LogP contribution in [0.3, 0.4) is 0 Å². The highest BCUT2D eigenvalue weighted by Crippen LogP contribution is 2.43. The topological polar surface area (TPSA) is 30.5 Å². The third kappa shape index (κ3) is 3.03. The number of hydrogen-bond acceptors (Lipinski definition) is 3. The predicted molar refractivity (Wildman–Crippen MR) is 87.3 cm³/mol. The van der Waals surface area contributed by atoms with Crippen LogP contribution in [0.1, 0.15) is 57.2 Å². The van der Waals surface area contributed by atoms with Crippen LogP contribution in [0.15, 0.2) is 12.1 Å². The summed E-state index contributed by atoms with van der Waals surface area (Å²) in [6.07, 6.45) is 4.49. The summed E-state index contributed by atoms with van der Waals surface area (Å²) >= 11 is 0. The minimum absolute atomic E-state index is 0.360. The summed E-state index contributed by atoms with van der Waals surface area (Å²) in [6.45, 7) is 6.80. The Morgan fingerprint density at radius 3 is 2.24 bits per heavy atom. The molecule has 1 N–H and O–H groups in total. The molecular weight excluding hydrogens is 262 g/mol. The Bertz CT molecular complexity index is 469. The number of nitrogens with one attached hydrogen (secondary N) is 1. The SMILES string of the molecule is CCC1Cc2c(OC)ccc(OC)c2C(C(CC)CC)N1. The Hall–Kier alpha value is -1.22. The first-order chi connectivity index (χ1) is 10.2. The van der Waals surface area contributed by atoms with Gasteiger partial charge in [-0.2, -0.15) is 0 Å². The number of fused-ring (bicyclic) bond motifs is 1. The zero-order valence-electron chi connectivity index (χ0n) is 14.0. The van der Waals surface area contributed by atoms with Gasteiger partial charge in [-0.05, 0) is 30.9 Å². The van der Waals surface area contributed by atoms with Crippen LogP contribution < -0.4 is 14.8 Å². The molecule has 2 unspecified atom stereocenters. The van der Waals surface area contributed by atoms with Gasteiger partial charge in [-0.3, -0.25) is 0 Å². The molecule has 2 atom stereocenters.